The average Bonchev–Trinajstić information content (AvgIpc) is 3.05. The number of hydrogen-bond acceptors (Lipinski definition) is 5. The maximum Gasteiger partial charge on any atom is 0.251 e. The van der Waals surface area contributed by atoms with Crippen LogP contribution in [0.1, 0.15) is 32.9 Å². The van der Waals surface area contributed by atoms with E-state index in [1.807, 2.05) is 13.8 Å². The van der Waals surface area contributed by atoms with Gasteiger partial charge in [-0.25, -0.2) is 4.39 Å². The highest BCUT2D eigenvalue weighted by Crippen LogP contribution is 2.34. The minimum Gasteiger partial charge on any atom is -0.493 e. The number of carbonyl (C=O) groups excluding carboxylic acids is 1. The Morgan fingerprint density at radius 2 is 1.90 bits per heavy atom. The fraction of sp³-hybridized carbons (Fsp3) is 0.238. The molecule has 0 saturated heterocycles. The molecule has 0 unspecified atom stereocenters. The van der Waals surface area contributed by atoms with Crippen LogP contribution in [-0.4, -0.2) is 23.2 Å². The van der Waals surface area contributed by atoms with Crippen LogP contribution in [0.25, 0.3) is 0 Å². The molecule has 0 aliphatic carbocycles. The Bertz CT molecular complexity index is 1020. The normalized spacial score (nSPS) is 10.3. The molecule has 160 valence electrons. The monoisotopic (exact) mass is 434 g/mol. The van der Waals surface area contributed by atoms with E-state index >= 15 is 0 Å². The predicted molar refractivity (Wildman–Crippen MR) is 114 cm³/mol. The lowest BCUT2D eigenvalue weighted by Crippen LogP contribution is -2.23. The van der Waals surface area contributed by atoms with Crippen LogP contribution in [0.5, 0.6) is 17.2 Å². The van der Waals surface area contributed by atoms with Crippen LogP contribution in [0.2, 0.25) is 0 Å². The number of methoxy groups -OCH3 is 1. The Labute approximate surface area is 180 Å². The van der Waals surface area contributed by atoms with E-state index in [-0.39, 0.29) is 36.4 Å². The van der Waals surface area contributed by atoms with Crippen molar-refractivity contribution in [3.05, 3.63) is 70.3 Å². The van der Waals surface area contributed by atoms with E-state index in [0.29, 0.717) is 23.4 Å². The van der Waals surface area contributed by atoms with Crippen molar-refractivity contribution in [1.82, 2.24) is 15.5 Å². The molecule has 7 nitrogen and oxygen atoms in total. The number of H-pyrrole nitrogens is 1. The third kappa shape index (κ3) is 5.08. The van der Waals surface area contributed by atoms with E-state index in [1.165, 1.54) is 25.3 Å². The van der Waals surface area contributed by atoms with Crippen LogP contribution >= 0.6 is 12.4 Å². The highest BCUT2D eigenvalue weighted by atomic mass is 35.5. The molecule has 0 atom stereocenters. The first kappa shape index (κ1) is 23.2. The SMILES string of the molecule is COc1ccc(C(=O)NCc2c(C)n[nH]c2C)cc1Oc1ccc(CN)cc1F.Cl. The van der Waals surface area contributed by atoms with Gasteiger partial charge in [0, 0.05) is 29.9 Å². The van der Waals surface area contributed by atoms with Gasteiger partial charge in [-0.05, 0) is 49.7 Å². The second-order valence-electron chi connectivity index (χ2n) is 6.53. The summed E-state index contributed by atoms with van der Waals surface area (Å²) in [6, 6.07) is 9.22. The van der Waals surface area contributed by atoms with Crippen LogP contribution in [0, 0.1) is 19.7 Å². The topological polar surface area (TPSA) is 102 Å². The molecule has 0 bridgehead atoms. The van der Waals surface area contributed by atoms with E-state index in [2.05, 4.69) is 15.5 Å². The van der Waals surface area contributed by atoms with E-state index in [9.17, 15) is 9.18 Å². The fourth-order valence-electron chi connectivity index (χ4n) is 2.88. The van der Waals surface area contributed by atoms with Crippen molar-refractivity contribution >= 4 is 18.3 Å². The lowest BCUT2D eigenvalue weighted by Gasteiger charge is -2.13. The Morgan fingerprint density at radius 1 is 1.17 bits per heavy atom. The molecule has 0 aliphatic heterocycles. The van der Waals surface area contributed by atoms with E-state index < -0.39 is 5.82 Å². The third-order valence-electron chi connectivity index (χ3n) is 4.58. The zero-order chi connectivity index (χ0) is 21.0. The van der Waals surface area contributed by atoms with Gasteiger partial charge in [0.2, 0.25) is 0 Å². The second kappa shape index (κ2) is 10.1. The van der Waals surface area contributed by atoms with Crippen LogP contribution in [0.3, 0.4) is 0 Å². The Balaban J connectivity index is 0.00000320. The zero-order valence-electron chi connectivity index (χ0n) is 16.9. The number of nitrogens with zero attached hydrogens (tertiary/aromatic N) is 1. The smallest absolute Gasteiger partial charge is 0.251 e. The Hall–Kier alpha value is -3.10. The number of aryl methyl sites for hydroxylation is 2. The summed E-state index contributed by atoms with van der Waals surface area (Å²) in [6.07, 6.45) is 0. The van der Waals surface area contributed by atoms with Gasteiger partial charge in [0.05, 0.1) is 12.8 Å². The van der Waals surface area contributed by atoms with Crippen LogP contribution in [0.4, 0.5) is 4.39 Å². The summed E-state index contributed by atoms with van der Waals surface area (Å²) in [5.74, 6) is -0.212. The number of aromatic nitrogens is 2. The highest BCUT2D eigenvalue weighted by molar-refractivity contribution is 5.94. The molecule has 2 aromatic carbocycles. The summed E-state index contributed by atoms with van der Waals surface area (Å²) >= 11 is 0. The highest BCUT2D eigenvalue weighted by Gasteiger charge is 2.15. The molecule has 30 heavy (non-hydrogen) atoms. The van der Waals surface area contributed by atoms with Crippen LogP contribution < -0.4 is 20.5 Å². The van der Waals surface area contributed by atoms with Crippen LogP contribution in [0.15, 0.2) is 36.4 Å². The number of benzene rings is 2. The van der Waals surface area contributed by atoms with Gasteiger partial charge in [0.15, 0.2) is 23.1 Å². The van der Waals surface area contributed by atoms with E-state index in [1.54, 1.807) is 18.2 Å². The maximum atomic E-state index is 14.3. The van der Waals surface area contributed by atoms with Crippen LogP contribution in [-0.2, 0) is 13.1 Å². The molecule has 0 fully saturated rings. The van der Waals surface area contributed by atoms with Crippen molar-refractivity contribution in [2.75, 3.05) is 7.11 Å². The molecule has 4 N–H and O–H groups in total. The third-order valence-corrected chi connectivity index (χ3v) is 4.58. The lowest BCUT2D eigenvalue weighted by molar-refractivity contribution is 0.0950. The molecule has 1 amide bonds. The quantitative estimate of drug-likeness (QED) is 0.525. The number of carbonyl (C=O) groups is 1. The minimum absolute atomic E-state index is 0. The molecule has 0 saturated carbocycles. The van der Waals surface area contributed by atoms with Crippen molar-refractivity contribution < 1.29 is 18.7 Å². The lowest BCUT2D eigenvalue weighted by atomic mass is 10.1. The first-order valence-electron chi connectivity index (χ1n) is 9.06. The van der Waals surface area contributed by atoms with Gasteiger partial charge >= 0.3 is 0 Å². The Morgan fingerprint density at radius 3 is 2.50 bits per heavy atom. The van der Waals surface area contributed by atoms with Gasteiger partial charge in [-0.3, -0.25) is 9.89 Å². The summed E-state index contributed by atoms with van der Waals surface area (Å²) in [6.45, 7) is 4.33. The van der Waals surface area contributed by atoms with E-state index in [0.717, 1.165) is 17.0 Å². The largest absolute Gasteiger partial charge is 0.493 e. The number of nitrogens with one attached hydrogen (secondary N) is 2. The molecule has 3 aromatic rings. The van der Waals surface area contributed by atoms with Gasteiger partial charge in [-0.1, -0.05) is 6.07 Å². The van der Waals surface area contributed by atoms with Crippen molar-refractivity contribution in [2.24, 2.45) is 5.73 Å². The maximum absolute atomic E-state index is 14.3. The summed E-state index contributed by atoms with van der Waals surface area (Å²) in [7, 11) is 1.47. The van der Waals surface area contributed by atoms with Gasteiger partial charge in [-0.15, -0.1) is 12.4 Å². The van der Waals surface area contributed by atoms with Gasteiger partial charge < -0.3 is 20.5 Å². The van der Waals surface area contributed by atoms with E-state index in [4.69, 9.17) is 15.2 Å². The molecule has 1 heterocycles. The summed E-state index contributed by atoms with van der Waals surface area (Å²) in [5.41, 5.74) is 9.20. The Kier molecular flexibility index (Phi) is 7.79. The molecule has 9 heteroatoms. The van der Waals surface area contributed by atoms with Crippen molar-refractivity contribution in [3.63, 3.8) is 0 Å². The van der Waals surface area contributed by atoms with Crippen molar-refractivity contribution in [1.29, 1.82) is 0 Å². The zero-order valence-corrected chi connectivity index (χ0v) is 17.7. The molecule has 0 aliphatic rings. The first-order chi connectivity index (χ1) is 13.9. The molecule has 3 rings (SSSR count). The summed E-state index contributed by atoms with van der Waals surface area (Å²) < 4.78 is 25.2. The number of nitrogens with two attached hydrogens (primary N) is 1. The number of halogens is 2. The average molecular weight is 435 g/mol. The molecule has 0 spiro atoms. The van der Waals surface area contributed by atoms with Gasteiger partial charge in [0.1, 0.15) is 0 Å². The number of rotatable bonds is 7. The van der Waals surface area contributed by atoms with Gasteiger partial charge in [-0.2, -0.15) is 5.10 Å². The molecule has 0 radical (unpaired) electrons. The number of hydrogen-bond donors (Lipinski definition) is 3. The first-order valence-corrected chi connectivity index (χ1v) is 9.06. The number of ether oxygens (including phenoxy) is 2. The summed E-state index contributed by atoms with van der Waals surface area (Å²) in [5, 5.41) is 9.85. The van der Waals surface area contributed by atoms with Crippen molar-refractivity contribution in [2.45, 2.75) is 26.9 Å². The van der Waals surface area contributed by atoms with Gasteiger partial charge in [0.25, 0.3) is 5.91 Å². The second-order valence-corrected chi connectivity index (χ2v) is 6.53. The predicted octanol–water partition coefficient (Wildman–Crippen LogP) is 3.78. The fourth-order valence-corrected chi connectivity index (χ4v) is 2.88. The number of amides is 1. The van der Waals surface area contributed by atoms with Crippen molar-refractivity contribution in [3.8, 4) is 17.2 Å². The molecular weight excluding hydrogens is 411 g/mol. The minimum atomic E-state index is -0.546. The molecular formula is C21H24ClFN4O3. The number of aromatic amines is 1. The summed E-state index contributed by atoms with van der Waals surface area (Å²) in [4.78, 5) is 12.6. The standard InChI is InChI=1S/C21H23FN4O3.ClH/c1-12-16(13(2)26-25-12)11-24-21(27)15-5-7-19(28-3)20(9-15)29-18-6-4-14(10-23)8-17(18)22;/h4-9H,10-11,23H2,1-3H3,(H,24,27)(H,25,26);1H. The molecule has 1 aromatic heterocycles.